The van der Waals surface area contributed by atoms with E-state index < -0.39 is 10.0 Å². The minimum atomic E-state index is -3.61. The van der Waals surface area contributed by atoms with Gasteiger partial charge in [0.05, 0.1) is 7.11 Å². The quantitative estimate of drug-likeness (QED) is 0.538. The van der Waals surface area contributed by atoms with Crippen LogP contribution in [0.15, 0.2) is 46.0 Å². The maximum atomic E-state index is 12.1. The van der Waals surface area contributed by atoms with Crippen LogP contribution in [0.2, 0.25) is 0 Å². The predicted molar refractivity (Wildman–Crippen MR) is 95.2 cm³/mol. The molecule has 1 amide bonds. The number of carbonyl (C=O) groups is 2. The third-order valence-electron chi connectivity index (χ3n) is 3.23. The normalized spacial score (nSPS) is 10.9. The average molecular weight is 382 g/mol. The van der Waals surface area contributed by atoms with E-state index in [0.29, 0.717) is 24.2 Å². The van der Waals surface area contributed by atoms with Gasteiger partial charge in [-0.2, -0.15) is 0 Å². The first kappa shape index (κ1) is 18.9. The van der Waals surface area contributed by atoms with E-state index in [1.165, 1.54) is 37.4 Å². The van der Waals surface area contributed by atoms with E-state index in [1.807, 2.05) is 0 Å². The number of hydrogen-bond acceptors (Lipinski definition) is 6. The number of thiophene rings is 1. The van der Waals surface area contributed by atoms with Crippen molar-refractivity contribution in [3.05, 3.63) is 47.3 Å². The molecule has 0 radical (unpaired) electrons. The molecule has 25 heavy (non-hydrogen) atoms. The molecule has 0 aliphatic carbocycles. The van der Waals surface area contributed by atoms with E-state index in [1.54, 1.807) is 11.4 Å². The van der Waals surface area contributed by atoms with Gasteiger partial charge in [-0.1, -0.05) is 6.07 Å². The van der Waals surface area contributed by atoms with Crippen LogP contribution in [0.3, 0.4) is 0 Å². The zero-order valence-corrected chi connectivity index (χ0v) is 15.2. The second kappa shape index (κ2) is 8.63. The van der Waals surface area contributed by atoms with Crippen LogP contribution >= 0.6 is 11.3 Å². The Morgan fingerprint density at radius 1 is 1.16 bits per heavy atom. The van der Waals surface area contributed by atoms with Crippen molar-refractivity contribution in [3.8, 4) is 0 Å². The molecule has 0 atom stereocenters. The Bertz CT molecular complexity index is 815. The zero-order chi connectivity index (χ0) is 18.3. The number of ether oxygens (including phenoxy) is 1. The van der Waals surface area contributed by atoms with Gasteiger partial charge in [0.1, 0.15) is 4.21 Å². The van der Waals surface area contributed by atoms with E-state index in [2.05, 4.69) is 14.8 Å². The predicted octanol–water partition coefficient (Wildman–Crippen LogP) is 2.23. The molecular formula is C16H18N2O5S2. The maximum absolute atomic E-state index is 12.1. The van der Waals surface area contributed by atoms with Gasteiger partial charge < -0.3 is 10.1 Å². The standard InChI is InChI=1S/C16H18N2O5S2/c1-23-14(19)4-2-10-17-16(20)12-6-8-13(9-7-12)18-25(21,22)15-5-3-11-24-15/h3,5-9,11,18H,2,4,10H2,1H3,(H,17,20). The summed E-state index contributed by atoms with van der Waals surface area (Å²) < 4.78 is 31.4. The number of rotatable bonds is 8. The van der Waals surface area contributed by atoms with Crippen molar-refractivity contribution >= 4 is 38.9 Å². The maximum Gasteiger partial charge on any atom is 0.305 e. The molecule has 0 bridgehead atoms. The molecule has 134 valence electrons. The Labute approximate surface area is 150 Å². The molecule has 2 aromatic rings. The summed E-state index contributed by atoms with van der Waals surface area (Å²) in [4.78, 5) is 23.0. The van der Waals surface area contributed by atoms with Crippen molar-refractivity contribution in [2.45, 2.75) is 17.1 Å². The Morgan fingerprint density at radius 2 is 1.88 bits per heavy atom. The second-order valence-electron chi connectivity index (χ2n) is 5.05. The zero-order valence-electron chi connectivity index (χ0n) is 13.5. The van der Waals surface area contributed by atoms with Crippen LogP contribution in [-0.2, 0) is 19.6 Å². The molecule has 2 rings (SSSR count). The summed E-state index contributed by atoms with van der Waals surface area (Å²) in [6, 6.07) is 9.28. The topological polar surface area (TPSA) is 102 Å². The fourth-order valence-electron chi connectivity index (χ4n) is 1.95. The molecule has 1 aromatic heterocycles. The second-order valence-corrected chi connectivity index (χ2v) is 7.91. The largest absolute Gasteiger partial charge is 0.469 e. The lowest BCUT2D eigenvalue weighted by Crippen LogP contribution is -2.25. The van der Waals surface area contributed by atoms with Crippen LogP contribution in [0.4, 0.5) is 5.69 Å². The smallest absolute Gasteiger partial charge is 0.305 e. The Hall–Kier alpha value is -2.39. The van der Waals surface area contributed by atoms with Gasteiger partial charge in [-0.3, -0.25) is 14.3 Å². The summed E-state index contributed by atoms with van der Waals surface area (Å²) in [6.07, 6.45) is 0.720. The SMILES string of the molecule is COC(=O)CCCNC(=O)c1ccc(NS(=O)(=O)c2cccs2)cc1. The summed E-state index contributed by atoms with van der Waals surface area (Å²) in [5.74, 6) is -0.617. The molecule has 0 saturated heterocycles. The monoisotopic (exact) mass is 382 g/mol. The minimum absolute atomic E-state index is 0.222. The molecule has 2 N–H and O–H groups in total. The van der Waals surface area contributed by atoms with Gasteiger partial charge in [0, 0.05) is 24.2 Å². The molecule has 7 nitrogen and oxygen atoms in total. The number of benzene rings is 1. The van der Waals surface area contributed by atoms with Crippen LogP contribution in [0.1, 0.15) is 23.2 Å². The average Bonchev–Trinajstić information content (AvgIpc) is 3.14. The molecule has 0 spiro atoms. The molecule has 9 heteroatoms. The Kier molecular flexibility index (Phi) is 6.54. The van der Waals surface area contributed by atoms with E-state index in [9.17, 15) is 18.0 Å². The number of sulfonamides is 1. The van der Waals surface area contributed by atoms with Crippen LogP contribution in [0.5, 0.6) is 0 Å². The fraction of sp³-hybridized carbons (Fsp3) is 0.250. The van der Waals surface area contributed by atoms with Crippen LogP contribution in [0, 0.1) is 0 Å². The summed E-state index contributed by atoms with van der Waals surface area (Å²) >= 11 is 1.12. The molecule has 0 aliphatic heterocycles. The molecule has 1 aromatic carbocycles. The highest BCUT2D eigenvalue weighted by molar-refractivity contribution is 7.94. The van der Waals surface area contributed by atoms with Gasteiger partial charge in [0.2, 0.25) is 0 Å². The summed E-state index contributed by atoms with van der Waals surface area (Å²) in [5, 5.41) is 4.37. The van der Waals surface area contributed by atoms with Crippen molar-refractivity contribution in [1.82, 2.24) is 5.32 Å². The molecule has 0 saturated carbocycles. The lowest BCUT2D eigenvalue weighted by molar-refractivity contribution is -0.140. The minimum Gasteiger partial charge on any atom is -0.469 e. The third-order valence-corrected chi connectivity index (χ3v) is 6.01. The van der Waals surface area contributed by atoms with Crippen molar-refractivity contribution < 1.29 is 22.7 Å². The molecule has 0 aliphatic rings. The highest BCUT2D eigenvalue weighted by Crippen LogP contribution is 2.20. The highest BCUT2D eigenvalue weighted by Gasteiger charge is 2.15. The van der Waals surface area contributed by atoms with Crippen molar-refractivity contribution in [2.75, 3.05) is 18.4 Å². The number of amides is 1. The van der Waals surface area contributed by atoms with Crippen LogP contribution in [0.25, 0.3) is 0 Å². The fourth-order valence-corrected chi connectivity index (χ4v) is 4.00. The van der Waals surface area contributed by atoms with Gasteiger partial charge in [-0.05, 0) is 42.1 Å². The molecule has 1 heterocycles. The summed E-state index contributed by atoms with van der Waals surface area (Å²) in [7, 11) is -2.29. The van der Waals surface area contributed by atoms with Gasteiger partial charge in [-0.15, -0.1) is 11.3 Å². The lowest BCUT2D eigenvalue weighted by atomic mass is 10.2. The molecular weight excluding hydrogens is 364 g/mol. The van der Waals surface area contributed by atoms with Crippen molar-refractivity contribution in [1.29, 1.82) is 0 Å². The van der Waals surface area contributed by atoms with Gasteiger partial charge in [0.25, 0.3) is 15.9 Å². The first-order chi connectivity index (χ1) is 11.9. The Morgan fingerprint density at radius 3 is 2.48 bits per heavy atom. The first-order valence-corrected chi connectivity index (χ1v) is 9.80. The lowest BCUT2D eigenvalue weighted by Gasteiger charge is -2.08. The van der Waals surface area contributed by atoms with Crippen molar-refractivity contribution in [2.24, 2.45) is 0 Å². The number of anilines is 1. The van der Waals surface area contributed by atoms with E-state index in [0.717, 1.165) is 11.3 Å². The number of nitrogens with one attached hydrogen (secondary N) is 2. The Balaban J connectivity index is 1.89. The van der Waals surface area contributed by atoms with Gasteiger partial charge in [0.15, 0.2) is 0 Å². The number of methoxy groups -OCH3 is 1. The van der Waals surface area contributed by atoms with E-state index in [-0.39, 0.29) is 22.5 Å². The number of carbonyl (C=O) groups excluding carboxylic acids is 2. The summed E-state index contributed by atoms with van der Waals surface area (Å²) in [6.45, 7) is 0.348. The summed E-state index contributed by atoms with van der Waals surface area (Å²) in [5.41, 5.74) is 0.771. The number of hydrogen-bond donors (Lipinski definition) is 2. The van der Waals surface area contributed by atoms with Crippen LogP contribution in [-0.4, -0.2) is 33.9 Å². The molecule has 0 unspecified atom stereocenters. The first-order valence-electron chi connectivity index (χ1n) is 7.44. The van der Waals surface area contributed by atoms with E-state index >= 15 is 0 Å². The highest BCUT2D eigenvalue weighted by atomic mass is 32.2. The van der Waals surface area contributed by atoms with Crippen molar-refractivity contribution in [3.63, 3.8) is 0 Å². The van der Waals surface area contributed by atoms with Gasteiger partial charge in [-0.25, -0.2) is 8.42 Å². The van der Waals surface area contributed by atoms with E-state index in [4.69, 9.17) is 0 Å². The van der Waals surface area contributed by atoms with Gasteiger partial charge >= 0.3 is 5.97 Å². The number of esters is 1. The third kappa shape index (κ3) is 5.57. The molecule has 0 fully saturated rings. The van der Waals surface area contributed by atoms with Crippen LogP contribution < -0.4 is 10.0 Å².